The molecule has 0 radical (unpaired) electrons. The Morgan fingerprint density at radius 1 is 0.879 bits per heavy atom. The van der Waals surface area contributed by atoms with Crippen molar-refractivity contribution < 1.29 is 38.1 Å². The average molecular weight is 459 g/mol. The van der Waals surface area contributed by atoms with E-state index in [0.29, 0.717) is 34.1 Å². The second-order valence-electron chi connectivity index (χ2n) is 6.32. The van der Waals surface area contributed by atoms with Crippen molar-refractivity contribution in [2.75, 3.05) is 41.6 Å². The van der Waals surface area contributed by atoms with E-state index in [0.717, 1.165) is 0 Å². The lowest BCUT2D eigenvalue weighted by atomic mass is 10.2. The molecule has 2 rings (SSSR count). The topological polar surface area (TPSA) is 134 Å². The van der Waals surface area contributed by atoms with E-state index in [2.05, 4.69) is 20.6 Å². The van der Waals surface area contributed by atoms with Gasteiger partial charge in [0.05, 0.1) is 41.2 Å². The summed E-state index contributed by atoms with van der Waals surface area (Å²) in [6.07, 6.45) is 1.39. The van der Waals surface area contributed by atoms with Gasteiger partial charge in [-0.3, -0.25) is 9.59 Å². The fourth-order valence-corrected chi connectivity index (χ4v) is 2.54. The van der Waals surface area contributed by atoms with Gasteiger partial charge in [0.2, 0.25) is 0 Å². The zero-order valence-electron chi connectivity index (χ0n) is 18.7. The third kappa shape index (κ3) is 7.42. The first-order chi connectivity index (χ1) is 15.9. The molecule has 0 saturated carbocycles. The fourth-order valence-electron chi connectivity index (χ4n) is 2.54. The summed E-state index contributed by atoms with van der Waals surface area (Å²) in [6, 6.07) is 9.52. The van der Waals surface area contributed by atoms with Gasteiger partial charge in [0.15, 0.2) is 29.6 Å². The number of hydrazone groups is 1. The molecule has 0 aliphatic rings. The smallest absolute Gasteiger partial charge is 0.343 e. The third-order valence-corrected chi connectivity index (χ3v) is 4.22. The SMILES string of the molecule is COC(=O)COc1ccc(C=NNC(=O)CNC(=O)c2ccc(OC)c(OC)c2)cc1OC. The van der Waals surface area contributed by atoms with Gasteiger partial charge in [-0.1, -0.05) is 0 Å². The number of rotatable bonds is 11. The maximum absolute atomic E-state index is 12.2. The molecule has 0 unspecified atom stereocenters. The number of nitrogens with zero attached hydrogens (tertiary/aromatic N) is 1. The van der Waals surface area contributed by atoms with Gasteiger partial charge >= 0.3 is 5.97 Å². The van der Waals surface area contributed by atoms with Crippen molar-refractivity contribution in [3.05, 3.63) is 47.5 Å². The molecule has 0 fully saturated rings. The first kappa shape index (κ1) is 25.0. The van der Waals surface area contributed by atoms with Crippen molar-refractivity contribution in [1.82, 2.24) is 10.7 Å². The van der Waals surface area contributed by atoms with Crippen LogP contribution in [0.2, 0.25) is 0 Å². The van der Waals surface area contributed by atoms with Crippen molar-refractivity contribution in [2.45, 2.75) is 0 Å². The minimum atomic E-state index is -0.524. The van der Waals surface area contributed by atoms with Gasteiger partial charge in [-0.25, -0.2) is 10.2 Å². The van der Waals surface area contributed by atoms with Crippen LogP contribution in [0.4, 0.5) is 0 Å². The number of methoxy groups -OCH3 is 4. The Morgan fingerprint density at radius 3 is 2.21 bits per heavy atom. The molecule has 0 aliphatic heterocycles. The highest BCUT2D eigenvalue weighted by molar-refractivity contribution is 5.97. The number of hydrogen-bond donors (Lipinski definition) is 2. The molecular weight excluding hydrogens is 434 g/mol. The Labute approximate surface area is 190 Å². The number of esters is 1. The maximum Gasteiger partial charge on any atom is 0.343 e. The summed E-state index contributed by atoms with van der Waals surface area (Å²) in [7, 11) is 5.66. The number of amides is 2. The zero-order chi connectivity index (χ0) is 24.2. The average Bonchev–Trinajstić information content (AvgIpc) is 2.85. The molecule has 0 atom stereocenters. The van der Waals surface area contributed by atoms with Gasteiger partial charge in [0.25, 0.3) is 11.8 Å². The predicted octanol–water partition coefficient (Wildman–Crippen LogP) is 1.14. The van der Waals surface area contributed by atoms with Crippen LogP contribution in [0.5, 0.6) is 23.0 Å². The van der Waals surface area contributed by atoms with Crippen LogP contribution in [0.15, 0.2) is 41.5 Å². The molecule has 176 valence electrons. The summed E-state index contributed by atoms with van der Waals surface area (Å²) < 4.78 is 25.4. The van der Waals surface area contributed by atoms with Gasteiger partial charge in [-0.05, 0) is 42.0 Å². The number of benzene rings is 2. The molecule has 0 spiro atoms. The van der Waals surface area contributed by atoms with Crippen LogP contribution in [0, 0.1) is 0 Å². The van der Waals surface area contributed by atoms with E-state index in [9.17, 15) is 14.4 Å². The van der Waals surface area contributed by atoms with Crippen LogP contribution in [0.25, 0.3) is 0 Å². The van der Waals surface area contributed by atoms with Crippen molar-refractivity contribution in [1.29, 1.82) is 0 Å². The molecular formula is C22H25N3O8. The van der Waals surface area contributed by atoms with E-state index in [-0.39, 0.29) is 13.2 Å². The van der Waals surface area contributed by atoms with Crippen LogP contribution in [0.3, 0.4) is 0 Å². The Morgan fingerprint density at radius 2 is 1.55 bits per heavy atom. The summed E-state index contributed by atoms with van der Waals surface area (Å²) in [5.41, 5.74) is 3.23. The summed E-state index contributed by atoms with van der Waals surface area (Å²) in [4.78, 5) is 35.4. The monoisotopic (exact) mass is 459 g/mol. The number of ether oxygens (including phenoxy) is 5. The quantitative estimate of drug-likeness (QED) is 0.290. The summed E-state index contributed by atoms with van der Waals surface area (Å²) in [5.74, 6) is 0.103. The highest BCUT2D eigenvalue weighted by Gasteiger charge is 2.12. The molecule has 0 heterocycles. The standard InChI is InChI=1S/C22H25N3O8/c1-29-16-8-6-15(10-19(16)31-3)22(28)23-12-20(26)25-24-11-14-5-7-17(18(9-14)30-2)33-13-21(27)32-4/h5-11H,12-13H2,1-4H3,(H,23,28)(H,25,26). The largest absolute Gasteiger partial charge is 0.493 e. The molecule has 33 heavy (non-hydrogen) atoms. The zero-order valence-corrected chi connectivity index (χ0v) is 18.7. The third-order valence-electron chi connectivity index (χ3n) is 4.22. The van der Waals surface area contributed by atoms with Crippen molar-refractivity contribution in [3.8, 4) is 23.0 Å². The Bertz CT molecular complexity index is 1020. The predicted molar refractivity (Wildman–Crippen MR) is 118 cm³/mol. The summed E-state index contributed by atoms with van der Waals surface area (Å²) in [6.45, 7) is -0.542. The summed E-state index contributed by atoms with van der Waals surface area (Å²) >= 11 is 0. The number of carbonyl (C=O) groups excluding carboxylic acids is 3. The maximum atomic E-state index is 12.2. The van der Waals surface area contributed by atoms with Crippen LogP contribution < -0.4 is 29.7 Å². The molecule has 0 saturated heterocycles. The van der Waals surface area contributed by atoms with Crippen molar-refractivity contribution in [3.63, 3.8) is 0 Å². The van der Waals surface area contributed by atoms with E-state index < -0.39 is 17.8 Å². The van der Waals surface area contributed by atoms with E-state index in [4.69, 9.17) is 18.9 Å². The molecule has 2 aromatic carbocycles. The van der Waals surface area contributed by atoms with Gasteiger partial charge in [0.1, 0.15) is 0 Å². The molecule has 2 N–H and O–H groups in total. The van der Waals surface area contributed by atoms with Crippen LogP contribution in [-0.2, 0) is 14.3 Å². The Balaban J connectivity index is 1.88. The lowest BCUT2D eigenvalue weighted by molar-refractivity contribution is -0.142. The lowest BCUT2D eigenvalue weighted by Gasteiger charge is -2.10. The van der Waals surface area contributed by atoms with Gasteiger partial charge < -0.3 is 29.0 Å². The first-order valence-electron chi connectivity index (χ1n) is 9.61. The molecule has 11 nitrogen and oxygen atoms in total. The van der Waals surface area contributed by atoms with Crippen molar-refractivity contribution >= 4 is 24.0 Å². The van der Waals surface area contributed by atoms with Gasteiger partial charge in [-0.15, -0.1) is 0 Å². The number of hydrogen-bond acceptors (Lipinski definition) is 9. The molecule has 11 heteroatoms. The molecule has 2 aromatic rings. The van der Waals surface area contributed by atoms with Gasteiger partial charge in [-0.2, -0.15) is 5.10 Å². The molecule has 2 amide bonds. The fraction of sp³-hybridized carbons (Fsp3) is 0.273. The number of nitrogens with one attached hydrogen (secondary N) is 2. The minimum absolute atomic E-state index is 0.259. The first-order valence-corrected chi connectivity index (χ1v) is 9.61. The van der Waals surface area contributed by atoms with Crippen LogP contribution >= 0.6 is 0 Å². The van der Waals surface area contributed by atoms with Crippen LogP contribution in [0.1, 0.15) is 15.9 Å². The molecule has 0 aliphatic carbocycles. The number of carbonyl (C=O) groups is 3. The Kier molecular flexibility index (Phi) is 9.50. The highest BCUT2D eigenvalue weighted by atomic mass is 16.6. The normalized spacial score (nSPS) is 10.3. The second kappa shape index (κ2) is 12.5. The van der Waals surface area contributed by atoms with Gasteiger partial charge in [0, 0.05) is 5.56 Å². The highest BCUT2D eigenvalue weighted by Crippen LogP contribution is 2.28. The molecule has 0 bridgehead atoms. The summed E-state index contributed by atoms with van der Waals surface area (Å²) in [5, 5.41) is 6.35. The van der Waals surface area contributed by atoms with Crippen molar-refractivity contribution in [2.24, 2.45) is 5.10 Å². The second-order valence-corrected chi connectivity index (χ2v) is 6.32. The van der Waals surface area contributed by atoms with E-state index in [1.165, 1.54) is 40.7 Å². The van der Waals surface area contributed by atoms with E-state index in [1.54, 1.807) is 30.3 Å². The Hall–Kier alpha value is -4.28. The van der Waals surface area contributed by atoms with E-state index in [1.807, 2.05) is 0 Å². The van der Waals surface area contributed by atoms with Crippen LogP contribution in [-0.4, -0.2) is 65.6 Å². The minimum Gasteiger partial charge on any atom is -0.493 e. The van der Waals surface area contributed by atoms with E-state index >= 15 is 0 Å². The lowest BCUT2D eigenvalue weighted by Crippen LogP contribution is -2.34. The molecule has 0 aromatic heterocycles.